The van der Waals surface area contributed by atoms with Crippen LogP contribution in [0.25, 0.3) is 0 Å². The second-order valence-electron chi connectivity index (χ2n) is 4.03. The standard InChI is InChI=1S/C13H19FN2O2S/c1-10-3-4-11(14)9-12(10)16-13(18)15-5-8-19-7-2-6-17/h3-4,9,17H,2,5-8H2,1H3,(H2,15,16,18). The molecule has 2 amide bonds. The van der Waals surface area contributed by atoms with Crippen LogP contribution in [0.2, 0.25) is 0 Å². The first-order valence-corrected chi connectivity index (χ1v) is 7.28. The number of carbonyl (C=O) groups is 1. The molecule has 19 heavy (non-hydrogen) atoms. The van der Waals surface area contributed by atoms with E-state index in [9.17, 15) is 9.18 Å². The average Bonchev–Trinajstić information content (AvgIpc) is 2.38. The Morgan fingerprint density at radius 1 is 1.42 bits per heavy atom. The van der Waals surface area contributed by atoms with E-state index < -0.39 is 0 Å². The summed E-state index contributed by atoms with van der Waals surface area (Å²) >= 11 is 1.67. The number of aryl methyl sites for hydroxylation is 1. The Labute approximate surface area is 116 Å². The van der Waals surface area contributed by atoms with Crippen LogP contribution in [0, 0.1) is 12.7 Å². The van der Waals surface area contributed by atoms with Crippen molar-refractivity contribution in [1.29, 1.82) is 0 Å². The zero-order valence-corrected chi connectivity index (χ0v) is 11.7. The van der Waals surface area contributed by atoms with E-state index in [0.29, 0.717) is 12.2 Å². The molecular weight excluding hydrogens is 267 g/mol. The number of carbonyl (C=O) groups excluding carboxylic acids is 1. The third-order valence-electron chi connectivity index (χ3n) is 2.43. The van der Waals surface area contributed by atoms with Crippen molar-refractivity contribution in [2.45, 2.75) is 13.3 Å². The molecule has 0 aliphatic rings. The minimum Gasteiger partial charge on any atom is -0.396 e. The fourth-order valence-corrected chi connectivity index (χ4v) is 2.18. The quantitative estimate of drug-likeness (QED) is 0.674. The molecule has 0 radical (unpaired) electrons. The lowest BCUT2D eigenvalue weighted by Gasteiger charge is -2.09. The highest BCUT2D eigenvalue weighted by atomic mass is 32.2. The number of aliphatic hydroxyl groups excluding tert-OH is 1. The van der Waals surface area contributed by atoms with Crippen LogP contribution in [-0.4, -0.2) is 35.8 Å². The molecule has 0 bridgehead atoms. The number of benzene rings is 1. The van der Waals surface area contributed by atoms with Crippen LogP contribution in [0.15, 0.2) is 18.2 Å². The summed E-state index contributed by atoms with van der Waals surface area (Å²) in [6.07, 6.45) is 0.763. The number of anilines is 1. The van der Waals surface area contributed by atoms with Crippen molar-refractivity contribution in [3.63, 3.8) is 0 Å². The Bertz CT molecular complexity index is 416. The molecule has 0 unspecified atom stereocenters. The van der Waals surface area contributed by atoms with Gasteiger partial charge in [0.2, 0.25) is 0 Å². The molecule has 1 rings (SSSR count). The molecule has 0 saturated carbocycles. The fourth-order valence-electron chi connectivity index (χ4n) is 1.40. The maximum Gasteiger partial charge on any atom is 0.319 e. The van der Waals surface area contributed by atoms with E-state index in [2.05, 4.69) is 10.6 Å². The van der Waals surface area contributed by atoms with Crippen LogP contribution in [0.5, 0.6) is 0 Å². The van der Waals surface area contributed by atoms with Gasteiger partial charge in [-0.05, 0) is 36.8 Å². The summed E-state index contributed by atoms with van der Waals surface area (Å²) < 4.78 is 13.0. The third-order valence-corrected chi connectivity index (χ3v) is 3.50. The zero-order chi connectivity index (χ0) is 14.1. The van der Waals surface area contributed by atoms with Gasteiger partial charge < -0.3 is 15.7 Å². The van der Waals surface area contributed by atoms with E-state index in [1.54, 1.807) is 24.8 Å². The number of hydrogen-bond donors (Lipinski definition) is 3. The first-order chi connectivity index (χ1) is 9.13. The van der Waals surface area contributed by atoms with Crippen molar-refractivity contribution in [3.05, 3.63) is 29.6 Å². The summed E-state index contributed by atoms with van der Waals surface area (Å²) in [5.74, 6) is 1.29. The Hall–Kier alpha value is -1.27. The van der Waals surface area contributed by atoms with Gasteiger partial charge in [0.15, 0.2) is 0 Å². The summed E-state index contributed by atoms with van der Waals surface area (Å²) in [5, 5.41) is 13.9. The maximum atomic E-state index is 13.0. The SMILES string of the molecule is Cc1ccc(F)cc1NC(=O)NCCSCCCO. The smallest absolute Gasteiger partial charge is 0.319 e. The first kappa shape index (κ1) is 15.8. The number of nitrogens with one attached hydrogen (secondary N) is 2. The first-order valence-electron chi connectivity index (χ1n) is 6.13. The minimum atomic E-state index is -0.375. The van der Waals surface area contributed by atoms with Gasteiger partial charge in [-0.1, -0.05) is 6.07 Å². The fraction of sp³-hybridized carbons (Fsp3) is 0.462. The Morgan fingerprint density at radius 2 is 2.21 bits per heavy atom. The van der Waals surface area contributed by atoms with Crippen LogP contribution in [0.3, 0.4) is 0 Å². The minimum absolute atomic E-state index is 0.194. The van der Waals surface area contributed by atoms with Gasteiger partial charge >= 0.3 is 6.03 Å². The molecule has 0 aliphatic heterocycles. The summed E-state index contributed by atoms with van der Waals surface area (Å²) in [7, 11) is 0. The number of rotatable bonds is 7. The third kappa shape index (κ3) is 6.45. The van der Waals surface area contributed by atoms with Crippen molar-refractivity contribution in [2.24, 2.45) is 0 Å². The lowest BCUT2D eigenvalue weighted by Crippen LogP contribution is -2.30. The van der Waals surface area contributed by atoms with Crippen molar-refractivity contribution in [3.8, 4) is 0 Å². The lowest BCUT2D eigenvalue weighted by molar-refractivity contribution is 0.252. The highest BCUT2D eigenvalue weighted by Crippen LogP contribution is 2.15. The number of halogens is 1. The number of hydrogen-bond acceptors (Lipinski definition) is 3. The number of amides is 2. The van der Waals surface area contributed by atoms with Gasteiger partial charge in [0.05, 0.1) is 0 Å². The Balaban J connectivity index is 2.25. The lowest BCUT2D eigenvalue weighted by atomic mass is 10.2. The van der Waals surface area contributed by atoms with Gasteiger partial charge in [0, 0.05) is 24.6 Å². The molecular formula is C13H19FN2O2S. The molecule has 1 aromatic rings. The second kappa shape index (κ2) is 8.77. The van der Waals surface area contributed by atoms with E-state index in [4.69, 9.17) is 5.11 Å². The molecule has 1 aromatic carbocycles. The number of aliphatic hydroxyl groups is 1. The van der Waals surface area contributed by atoms with Crippen LogP contribution in [0.4, 0.5) is 14.9 Å². The van der Waals surface area contributed by atoms with Gasteiger partial charge in [-0.3, -0.25) is 0 Å². The summed E-state index contributed by atoms with van der Waals surface area (Å²) in [5.41, 5.74) is 1.29. The molecule has 0 aliphatic carbocycles. The topological polar surface area (TPSA) is 61.4 Å². The number of urea groups is 1. The molecule has 3 N–H and O–H groups in total. The van der Waals surface area contributed by atoms with Crippen LogP contribution < -0.4 is 10.6 Å². The molecule has 0 saturated heterocycles. The highest BCUT2D eigenvalue weighted by molar-refractivity contribution is 7.99. The van der Waals surface area contributed by atoms with Crippen LogP contribution in [0.1, 0.15) is 12.0 Å². The molecule has 0 atom stereocenters. The van der Waals surface area contributed by atoms with E-state index in [1.165, 1.54) is 12.1 Å². The predicted molar refractivity (Wildman–Crippen MR) is 77.2 cm³/mol. The van der Waals surface area contributed by atoms with Crippen LogP contribution >= 0.6 is 11.8 Å². The highest BCUT2D eigenvalue weighted by Gasteiger charge is 2.04. The van der Waals surface area contributed by atoms with Crippen molar-refractivity contribution < 1.29 is 14.3 Å². The van der Waals surface area contributed by atoms with Gasteiger partial charge in [0.25, 0.3) is 0 Å². The van der Waals surface area contributed by atoms with Crippen molar-refractivity contribution in [1.82, 2.24) is 5.32 Å². The number of thioether (sulfide) groups is 1. The van der Waals surface area contributed by atoms with Gasteiger partial charge in [-0.15, -0.1) is 0 Å². The Kier molecular flexibility index (Phi) is 7.28. The van der Waals surface area contributed by atoms with E-state index in [-0.39, 0.29) is 18.5 Å². The van der Waals surface area contributed by atoms with Crippen molar-refractivity contribution >= 4 is 23.5 Å². The molecule has 6 heteroatoms. The average molecular weight is 286 g/mol. The molecule has 0 fully saturated rings. The van der Waals surface area contributed by atoms with Crippen molar-refractivity contribution in [2.75, 3.05) is 30.0 Å². The normalized spacial score (nSPS) is 10.3. The summed E-state index contributed by atoms with van der Waals surface area (Å²) in [4.78, 5) is 11.6. The largest absolute Gasteiger partial charge is 0.396 e. The van der Waals surface area contributed by atoms with Crippen LogP contribution in [-0.2, 0) is 0 Å². The summed E-state index contributed by atoms with van der Waals surface area (Å²) in [6, 6.07) is 3.94. The molecule has 0 heterocycles. The monoisotopic (exact) mass is 286 g/mol. The molecule has 0 spiro atoms. The van der Waals surface area contributed by atoms with E-state index in [0.717, 1.165) is 23.5 Å². The van der Waals surface area contributed by atoms with E-state index in [1.807, 2.05) is 0 Å². The molecule has 0 aromatic heterocycles. The van der Waals surface area contributed by atoms with Gasteiger partial charge in [0.1, 0.15) is 5.82 Å². The molecule has 106 valence electrons. The maximum absolute atomic E-state index is 13.0. The van der Waals surface area contributed by atoms with E-state index >= 15 is 0 Å². The summed E-state index contributed by atoms with van der Waals surface area (Å²) in [6.45, 7) is 2.54. The predicted octanol–water partition coefficient (Wildman–Crippen LogP) is 2.37. The zero-order valence-electron chi connectivity index (χ0n) is 10.9. The Morgan fingerprint density at radius 3 is 2.95 bits per heavy atom. The molecule has 4 nitrogen and oxygen atoms in total. The van der Waals surface area contributed by atoms with Gasteiger partial charge in [-0.25, -0.2) is 9.18 Å². The van der Waals surface area contributed by atoms with Gasteiger partial charge in [-0.2, -0.15) is 11.8 Å². The second-order valence-corrected chi connectivity index (χ2v) is 5.25.